The standard InChI is InChI=1S/C10H9BrFNO/c1-4-10(2,3)14-9-8(12)5-7(11)6-13-9/h1,5-6H,2-3H3. The number of terminal acetylenes is 1. The van der Waals surface area contributed by atoms with Crippen LogP contribution in [0.4, 0.5) is 4.39 Å². The first kappa shape index (κ1) is 11.0. The number of hydrogen-bond donors (Lipinski definition) is 0. The van der Waals surface area contributed by atoms with Crippen LogP contribution in [0, 0.1) is 18.2 Å². The van der Waals surface area contributed by atoms with Crippen LogP contribution in [0.3, 0.4) is 0 Å². The summed E-state index contributed by atoms with van der Waals surface area (Å²) in [5.41, 5.74) is -0.859. The fourth-order valence-corrected chi connectivity index (χ4v) is 1.05. The van der Waals surface area contributed by atoms with Gasteiger partial charge in [-0.2, -0.15) is 0 Å². The van der Waals surface area contributed by atoms with Crippen molar-refractivity contribution in [3.63, 3.8) is 0 Å². The van der Waals surface area contributed by atoms with E-state index in [1.807, 2.05) is 0 Å². The zero-order valence-corrected chi connectivity index (χ0v) is 9.43. The normalized spacial score (nSPS) is 10.8. The zero-order valence-electron chi connectivity index (χ0n) is 7.84. The molecule has 0 spiro atoms. The monoisotopic (exact) mass is 257 g/mol. The lowest BCUT2D eigenvalue weighted by molar-refractivity contribution is 0.156. The van der Waals surface area contributed by atoms with Gasteiger partial charge in [-0.1, -0.05) is 5.92 Å². The first-order chi connectivity index (χ1) is 6.44. The first-order valence-corrected chi connectivity index (χ1v) is 4.72. The number of halogens is 2. The van der Waals surface area contributed by atoms with Crippen LogP contribution in [-0.4, -0.2) is 10.6 Å². The molecule has 2 nitrogen and oxygen atoms in total. The molecule has 0 aliphatic heterocycles. The van der Waals surface area contributed by atoms with Crippen molar-refractivity contribution in [1.29, 1.82) is 0 Å². The Labute approximate surface area is 90.6 Å². The van der Waals surface area contributed by atoms with E-state index in [1.54, 1.807) is 13.8 Å². The molecule has 1 aromatic heterocycles. The number of nitrogens with zero attached hydrogens (tertiary/aromatic N) is 1. The topological polar surface area (TPSA) is 22.1 Å². The summed E-state index contributed by atoms with van der Waals surface area (Å²) in [6.07, 6.45) is 6.65. The molecule has 0 aromatic carbocycles. The Morgan fingerprint density at radius 1 is 1.64 bits per heavy atom. The minimum atomic E-state index is -0.859. The molecule has 74 valence electrons. The third-order valence-electron chi connectivity index (χ3n) is 1.47. The Morgan fingerprint density at radius 2 is 2.29 bits per heavy atom. The summed E-state index contributed by atoms with van der Waals surface area (Å²) in [6, 6.07) is 1.27. The average molecular weight is 258 g/mol. The van der Waals surface area contributed by atoms with E-state index >= 15 is 0 Å². The number of ether oxygens (including phenoxy) is 1. The maximum absolute atomic E-state index is 13.2. The Bertz CT molecular complexity index is 384. The van der Waals surface area contributed by atoms with Crippen LogP contribution in [-0.2, 0) is 0 Å². The average Bonchev–Trinajstić information content (AvgIpc) is 2.10. The van der Waals surface area contributed by atoms with E-state index in [-0.39, 0.29) is 5.88 Å². The van der Waals surface area contributed by atoms with Crippen molar-refractivity contribution in [2.45, 2.75) is 19.4 Å². The molecule has 1 rings (SSSR count). The van der Waals surface area contributed by atoms with Crippen molar-refractivity contribution in [1.82, 2.24) is 4.98 Å². The van der Waals surface area contributed by atoms with E-state index in [2.05, 4.69) is 26.8 Å². The zero-order chi connectivity index (χ0) is 10.8. The lowest BCUT2D eigenvalue weighted by Crippen LogP contribution is -2.26. The molecule has 0 saturated heterocycles. The molecule has 0 unspecified atom stereocenters. The maximum Gasteiger partial charge on any atom is 0.251 e. The third-order valence-corrected chi connectivity index (χ3v) is 1.91. The van der Waals surface area contributed by atoms with Crippen LogP contribution >= 0.6 is 15.9 Å². The largest absolute Gasteiger partial charge is 0.456 e. The van der Waals surface area contributed by atoms with Crippen molar-refractivity contribution < 1.29 is 9.13 Å². The summed E-state index contributed by atoms with van der Waals surface area (Å²) in [7, 11) is 0. The highest BCUT2D eigenvalue weighted by atomic mass is 79.9. The molecule has 0 amide bonds. The molecule has 0 bridgehead atoms. The highest BCUT2D eigenvalue weighted by Gasteiger charge is 2.18. The molecular formula is C10H9BrFNO. The Morgan fingerprint density at radius 3 is 2.79 bits per heavy atom. The second kappa shape index (κ2) is 3.97. The summed E-state index contributed by atoms with van der Waals surface area (Å²) in [4.78, 5) is 3.77. The summed E-state index contributed by atoms with van der Waals surface area (Å²) < 4.78 is 19.0. The molecule has 0 fully saturated rings. The Hall–Kier alpha value is -1.08. The molecular weight excluding hydrogens is 249 g/mol. The van der Waals surface area contributed by atoms with Crippen molar-refractivity contribution >= 4 is 15.9 Å². The number of rotatable bonds is 2. The maximum atomic E-state index is 13.2. The van der Waals surface area contributed by atoms with Gasteiger partial charge in [-0.15, -0.1) is 6.42 Å². The summed E-state index contributed by atoms with van der Waals surface area (Å²) in [5, 5.41) is 0. The molecule has 0 aliphatic rings. The predicted octanol–water partition coefficient (Wildman–Crippen LogP) is 2.77. The molecule has 4 heteroatoms. The fraction of sp³-hybridized carbons (Fsp3) is 0.300. The van der Waals surface area contributed by atoms with Gasteiger partial charge in [0, 0.05) is 10.7 Å². The SMILES string of the molecule is C#CC(C)(C)Oc1ncc(Br)cc1F. The second-order valence-corrected chi connectivity index (χ2v) is 4.11. The lowest BCUT2D eigenvalue weighted by atomic mass is 10.1. The Kier molecular flexibility index (Phi) is 3.12. The van der Waals surface area contributed by atoms with Crippen LogP contribution in [0.25, 0.3) is 0 Å². The van der Waals surface area contributed by atoms with E-state index < -0.39 is 11.4 Å². The van der Waals surface area contributed by atoms with E-state index in [0.29, 0.717) is 4.47 Å². The molecule has 1 aromatic rings. The van der Waals surface area contributed by atoms with Gasteiger partial charge in [-0.3, -0.25) is 0 Å². The molecule has 0 saturated carbocycles. The number of hydrogen-bond acceptors (Lipinski definition) is 2. The summed E-state index contributed by atoms with van der Waals surface area (Å²) in [6.45, 7) is 3.33. The smallest absolute Gasteiger partial charge is 0.251 e. The van der Waals surface area contributed by atoms with Gasteiger partial charge >= 0.3 is 0 Å². The van der Waals surface area contributed by atoms with E-state index in [0.717, 1.165) is 0 Å². The van der Waals surface area contributed by atoms with Gasteiger partial charge in [0.25, 0.3) is 5.88 Å². The van der Waals surface area contributed by atoms with Gasteiger partial charge in [0.1, 0.15) is 0 Å². The third kappa shape index (κ3) is 2.71. The van der Waals surface area contributed by atoms with E-state index in [1.165, 1.54) is 12.3 Å². The van der Waals surface area contributed by atoms with Crippen molar-refractivity contribution in [3.8, 4) is 18.2 Å². The van der Waals surface area contributed by atoms with Gasteiger partial charge in [0.05, 0.1) is 0 Å². The highest BCUT2D eigenvalue weighted by Crippen LogP contribution is 2.21. The summed E-state index contributed by atoms with van der Waals surface area (Å²) >= 11 is 3.09. The number of aromatic nitrogens is 1. The highest BCUT2D eigenvalue weighted by molar-refractivity contribution is 9.10. The van der Waals surface area contributed by atoms with Crippen LogP contribution in [0.2, 0.25) is 0 Å². The fourth-order valence-electron chi connectivity index (χ4n) is 0.748. The van der Waals surface area contributed by atoms with Gasteiger partial charge < -0.3 is 4.74 Å². The lowest BCUT2D eigenvalue weighted by Gasteiger charge is -2.19. The van der Waals surface area contributed by atoms with Gasteiger partial charge in [-0.05, 0) is 35.8 Å². The van der Waals surface area contributed by atoms with Gasteiger partial charge in [0.15, 0.2) is 11.4 Å². The molecule has 0 atom stereocenters. The molecule has 0 radical (unpaired) electrons. The molecule has 14 heavy (non-hydrogen) atoms. The minimum absolute atomic E-state index is 0.0869. The van der Waals surface area contributed by atoms with Crippen molar-refractivity contribution in [3.05, 3.63) is 22.6 Å². The molecule has 1 heterocycles. The minimum Gasteiger partial charge on any atom is -0.456 e. The van der Waals surface area contributed by atoms with Gasteiger partial charge in [-0.25, -0.2) is 9.37 Å². The quantitative estimate of drug-likeness (QED) is 0.761. The van der Waals surface area contributed by atoms with Crippen LogP contribution < -0.4 is 4.74 Å². The predicted molar refractivity (Wildman–Crippen MR) is 55.4 cm³/mol. The Balaban J connectivity index is 2.94. The summed E-state index contributed by atoms with van der Waals surface area (Å²) in [5.74, 6) is 1.76. The molecule has 0 N–H and O–H groups in total. The molecule has 0 aliphatic carbocycles. The number of pyridine rings is 1. The van der Waals surface area contributed by atoms with E-state index in [4.69, 9.17) is 11.2 Å². The van der Waals surface area contributed by atoms with Crippen LogP contribution in [0.5, 0.6) is 5.88 Å². The van der Waals surface area contributed by atoms with E-state index in [9.17, 15) is 4.39 Å². The van der Waals surface area contributed by atoms with Crippen molar-refractivity contribution in [2.24, 2.45) is 0 Å². The van der Waals surface area contributed by atoms with Crippen molar-refractivity contribution in [2.75, 3.05) is 0 Å². The second-order valence-electron chi connectivity index (χ2n) is 3.20. The first-order valence-electron chi connectivity index (χ1n) is 3.92. The van der Waals surface area contributed by atoms with Crippen LogP contribution in [0.1, 0.15) is 13.8 Å². The van der Waals surface area contributed by atoms with Crippen LogP contribution in [0.15, 0.2) is 16.7 Å². The van der Waals surface area contributed by atoms with Gasteiger partial charge in [0.2, 0.25) is 0 Å².